The van der Waals surface area contributed by atoms with Crippen LogP contribution in [-0.4, -0.2) is 65.6 Å². The van der Waals surface area contributed by atoms with E-state index in [9.17, 15) is 37.0 Å². The predicted octanol–water partition coefficient (Wildman–Crippen LogP) is 4.20. The second-order valence-electron chi connectivity index (χ2n) is 10.0. The third kappa shape index (κ3) is 6.86. The summed E-state index contributed by atoms with van der Waals surface area (Å²) in [7, 11) is -4.71. The van der Waals surface area contributed by atoms with E-state index in [2.05, 4.69) is 10.3 Å². The van der Waals surface area contributed by atoms with Gasteiger partial charge in [0, 0.05) is 25.0 Å². The van der Waals surface area contributed by atoms with Crippen LogP contribution in [0.2, 0.25) is 5.02 Å². The van der Waals surface area contributed by atoms with Crippen LogP contribution in [0.25, 0.3) is 0 Å². The maximum absolute atomic E-state index is 13.8. The molecule has 1 saturated heterocycles. The lowest BCUT2D eigenvalue weighted by atomic mass is 9.89. The van der Waals surface area contributed by atoms with Gasteiger partial charge in [-0.25, -0.2) is 22.2 Å². The molecule has 0 spiro atoms. The molecule has 1 aromatic heterocycles. The number of carboxylic acids is 1. The van der Waals surface area contributed by atoms with Crippen molar-refractivity contribution < 1.29 is 37.0 Å². The lowest BCUT2D eigenvalue weighted by Gasteiger charge is -2.33. The Morgan fingerprint density at radius 1 is 1.10 bits per heavy atom. The second kappa shape index (κ2) is 12.7. The summed E-state index contributed by atoms with van der Waals surface area (Å²) in [6.45, 7) is 3.40. The SMILES string of the molecule is Cc1cc(F)ccc1Nc1c(C(=O)N2CCC(c3ccc(F)cc3)CC2)cnc(S(=O)(=O)N[C@H](C(=O)O)[C@@H](C)O)c1Cl. The van der Waals surface area contributed by atoms with Crippen LogP contribution in [0, 0.1) is 18.6 Å². The minimum Gasteiger partial charge on any atom is -0.480 e. The average Bonchev–Trinajstić information content (AvgIpc) is 2.93. The first-order chi connectivity index (χ1) is 19.8. The Labute approximate surface area is 246 Å². The summed E-state index contributed by atoms with van der Waals surface area (Å²) in [6.07, 6.45) is 0.637. The number of piperidine rings is 1. The maximum atomic E-state index is 13.8. The number of aliphatic hydroxyl groups is 1. The summed E-state index contributed by atoms with van der Waals surface area (Å²) in [4.78, 5) is 30.7. The fraction of sp³-hybridized carbons (Fsp3) is 0.321. The number of likely N-dealkylation sites (tertiary alicyclic amines) is 1. The lowest BCUT2D eigenvalue weighted by Crippen LogP contribution is -2.47. The molecular formula is C28H29ClF2N4O6S. The number of nitrogens with zero attached hydrogens (tertiary/aromatic N) is 2. The fourth-order valence-corrected chi connectivity index (χ4v) is 6.52. The van der Waals surface area contributed by atoms with E-state index in [1.165, 1.54) is 30.3 Å². The van der Waals surface area contributed by atoms with Crippen molar-refractivity contribution in [2.75, 3.05) is 18.4 Å². The fourth-order valence-electron chi connectivity index (χ4n) is 4.74. The Morgan fingerprint density at radius 3 is 2.29 bits per heavy atom. The van der Waals surface area contributed by atoms with Crippen molar-refractivity contribution in [2.24, 2.45) is 0 Å². The van der Waals surface area contributed by atoms with E-state index in [0.29, 0.717) is 37.2 Å². The summed E-state index contributed by atoms with van der Waals surface area (Å²) < 4.78 is 55.2. The molecule has 2 heterocycles. The van der Waals surface area contributed by atoms with Gasteiger partial charge in [0.1, 0.15) is 22.7 Å². The highest BCUT2D eigenvalue weighted by Gasteiger charge is 2.34. The van der Waals surface area contributed by atoms with E-state index in [4.69, 9.17) is 11.6 Å². The topological polar surface area (TPSA) is 149 Å². The van der Waals surface area contributed by atoms with Gasteiger partial charge in [-0.1, -0.05) is 23.7 Å². The highest BCUT2D eigenvalue weighted by Crippen LogP contribution is 2.36. The van der Waals surface area contributed by atoms with Gasteiger partial charge in [-0.05, 0) is 74.1 Å². The number of carbonyl (C=O) groups excluding carboxylic acids is 1. The van der Waals surface area contributed by atoms with Crippen LogP contribution in [0.5, 0.6) is 0 Å². The molecule has 0 radical (unpaired) electrons. The van der Waals surface area contributed by atoms with Crippen LogP contribution in [0.15, 0.2) is 53.7 Å². The quantitative estimate of drug-likeness (QED) is 0.278. The van der Waals surface area contributed by atoms with E-state index < -0.39 is 49.9 Å². The van der Waals surface area contributed by atoms with Gasteiger partial charge in [0.2, 0.25) is 0 Å². The normalized spacial score (nSPS) is 15.7. The van der Waals surface area contributed by atoms with Crippen molar-refractivity contribution in [2.45, 2.75) is 49.8 Å². The zero-order valence-corrected chi connectivity index (χ0v) is 24.2. The molecule has 4 N–H and O–H groups in total. The average molecular weight is 623 g/mol. The molecule has 42 heavy (non-hydrogen) atoms. The number of anilines is 2. The van der Waals surface area contributed by atoms with Crippen molar-refractivity contribution in [3.8, 4) is 0 Å². The zero-order chi connectivity index (χ0) is 30.8. The molecule has 3 aromatic rings. The molecule has 1 aliphatic heterocycles. The molecule has 0 aliphatic carbocycles. The summed E-state index contributed by atoms with van der Waals surface area (Å²) in [5.74, 6) is -2.85. The first-order valence-corrected chi connectivity index (χ1v) is 14.8. The lowest BCUT2D eigenvalue weighted by molar-refractivity contribution is -0.141. The standard InChI is InChI=1S/C28H29ClF2N4O6S/c1-15-13-20(31)7-8-22(15)33-25-21(14-32-26(23(25)29)42(40,41)34-24(16(2)36)28(38)39)27(37)35-11-9-18(10-12-35)17-3-5-19(30)6-4-17/h3-8,13-14,16,18,24,34,36H,9-12H2,1-2H3,(H,32,33)(H,38,39)/t16-,24+/m1/s1. The molecular weight excluding hydrogens is 594 g/mol. The van der Waals surface area contributed by atoms with Crippen molar-refractivity contribution in [3.05, 3.63) is 82.0 Å². The number of hydrogen-bond donors (Lipinski definition) is 4. The summed E-state index contributed by atoms with van der Waals surface area (Å²) in [6, 6.07) is 8.11. The number of aliphatic carboxylic acids is 1. The van der Waals surface area contributed by atoms with E-state index in [1.807, 2.05) is 4.72 Å². The van der Waals surface area contributed by atoms with Crippen LogP contribution >= 0.6 is 11.6 Å². The van der Waals surface area contributed by atoms with Gasteiger partial charge in [0.05, 0.1) is 17.4 Å². The predicted molar refractivity (Wildman–Crippen MR) is 151 cm³/mol. The number of halogens is 3. The minimum atomic E-state index is -4.71. The zero-order valence-electron chi connectivity index (χ0n) is 22.6. The van der Waals surface area contributed by atoms with Gasteiger partial charge in [-0.2, -0.15) is 4.72 Å². The third-order valence-corrected chi connectivity index (χ3v) is 8.94. The monoisotopic (exact) mass is 622 g/mol. The number of hydrogen-bond acceptors (Lipinski definition) is 7. The van der Waals surface area contributed by atoms with Gasteiger partial charge in [-0.3, -0.25) is 9.59 Å². The number of rotatable bonds is 9. The first-order valence-electron chi connectivity index (χ1n) is 13.0. The Bertz CT molecular complexity index is 1600. The van der Waals surface area contributed by atoms with Crippen molar-refractivity contribution in [3.63, 3.8) is 0 Å². The summed E-state index contributed by atoms with van der Waals surface area (Å²) >= 11 is 6.54. The number of amides is 1. The minimum absolute atomic E-state index is 0.0618. The van der Waals surface area contributed by atoms with Crippen LogP contribution < -0.4 is 10.0 Å². The molecule has 0 unspecified atom stereocenters. The summed E-state index contributed by atoms with van der Waals surface area (Å²) in [5.41, 5.74) is 1.53. The van der Waals surface area contributed by atoms with Crippen LogP contribution in [0.3, 0.4) is 0 Å². The highest BCUT2D eigenvalue weighted by molar-refractivity contribution is 7.89. The number of sulfonamides is 1. The second-order valence-corrected chi connectivity index (χ2v) is 12.1. The Kier molecular flexibility index (Phi) is 9.46. The van der Waals surface area contributed by atoms with Crippen molar-refractivity contribution in [1.82, 2.24) is 14.6 Å². The molecule has 224 valence electrons. The molecule has 1 fully saturated rings. The first kappa shape index (κ1) is 31.3. The van der Waals surface area contributed by atoms with Gasteiger partial charge in [0.25, 0.3) is 15.9 Å². The number of aliphatic hydroxyl groups excluding tert-OH is 1. The summed E-state index contributed by atoms with van der Waals surface area (Å²) in [5, 5.41) is 20.7. The molecule has 10 nitrogen and oxygen atoms in total. The largest absolute Gasteiger partial charge is 0.480 e. The molecule has 0 saturated carbocycles. The number of carbonyl (C=O) groups is 2. The number of aromatic nitrogens is 1. The Hall–Kier alpha value is -3.65. The van der Waals surface area contributed by atoms with Crippen LogP contribution in [0.4, 0.5) is 20.2 Å². The molecule has 14 heteroatoms. The van der Waals surface area contributed by atoms with E-state index in [-0.39, 0.29) is 23.0 Å². The number of benzene rings is 2. The molecule has 1 aliphatic rings. The molecule has 0 bridgehead atoms. The van der Waals surface area contributed by atoms with Gasteiger partial charge in [-0.15, -0.1) is 0 Å². The molecule has 1 amide bonds. The van der Waals surface area contributed by atoms with Gasteiger partial charge >= 0.3 is 5.97 Å². The maximum Gasteiger partial charge on any atom is 0.324 e. The molecule has 2 atom stereocenters. The van der Waals surface area contributed by atoms with Crippen molar-refractivity contribution >= 4 is 44.9 Å². The van der Waals surface area contributed by atoms with Crippen LogP contribution in [0.1, 0.15) is 47.2 Å². The number of nitrogens with one attached hydrogen (secondary N) is 2. The number of carboxylic acid groups (broad SMARTS) is 1. The van der Waals surface area contributed by atoms with Crippen molar-refractivity contribution in [1.29, 1.82) is 0 Å². The number of pyridine rings is 1. The Balaban J connectivity index is 1.69. The molecule has 4 rings (SSSR count). The Morgan fingerprint density at radius 2 is 1.71 bits per heavy atom. The van der Waals surface area contributed by atoms with E-state index >= 15 is 0 Å². The van der Waals surface area contributed by atoms with Gasteiger partial charge in [0.15, 0.2) is 5.03 Å². The molecule has 2 aromatic carbocycles. The highest BCUT2D eigenvalue weighted by atomic mass is 35.5. The van der Waals surface area contributed by atoms with Gasteiger partial charge < -0.3 is 20.4 Å². The van der Waals surface area contributed by atoms with E-state index in [0.717, 1.165) is 18.7 Å². The van der Waals surface area contributed by atoms with E-state index in [1.54, 1.807) is 24.0 Å². The van der Waals surface area contributed by atoms with Crippen LogP contribution in [-0.2, 0) is 14.8 Å². The smallest absolute Gasteiger partial charge is 0.324 e. The third-order valence-electron chi connectivity index (χ3n) is 7.07. The number of aryl methyl sites for hydroxylation is 1.